The maximum absolute atomic E-state index is 4.44. The fourth-order valence-corrected chi connectivity index (χ4v) is 3.73. The molecule has 3 nitrogen and oxygen atoms in total. The molecule has 0 amide bonds. The Kier molecular flexibility index (Phi) is 3.32. The third-order valence-corrected chi connectivity index (χ3v) is 4.91. The number of hydrogen-bond donors (Lipinski definition) is 0. The smallest absolute Gasteiger partial charge is 0.156 e. The van der Waals surface area contributed by atoms with Crippen LogP contribution in [0.15, 0.2) is 43.7 Å². The molecule has 1 aromatic carbocycles. The molecule has 0 fully saturated rings. The molecule has 0 saturated carbocycles. The molecule has 90 valence electrons. The SMILES string of the molecule is Cc1csc(Sc2ncnc3ccc(Br)cc23)n1. The summed E-state index contributed by atoms with van der Waals surface area (Å²) in [6.45, 7) is 2.00. The van der Waals surface area contributed by atoms with E-state index in [0.717, 1.165) is 30.4 Å². The predicted octanol–water partition coefficient (Wildman–Crippen LogP) is 4.31. The van der Waals surface area contributed by atoms with Crippen LogP contribution in [0.25, 0.3) is 10.9 Å². The number of hydrogen-bond acceptors (Lipinski definition) is 5. The summed E-state index contributed by atoms with van der Waals surface area (Å²) in [6.07, 6.45) is 1.60. The highest BCUT2D eigenvalue weighted by Gasteiger charge is 2.08. The van der Waals surface area contributed by atoms with E-state index in [4.69, 9.17) is 0 Å². The molecule has 0 bridgehead atoms. The number of nitrogens with zero attached hydrogens (tertiary/aromatic N) is 3. The van der Waals surface area contributed by atoms with Crippen LogP contribution < -0.4 is 0 Å². The minimum atomic E-state index is 0.940. The van der Waals surface area contributed by atoms with Gasteiger partial charge >= 0.3 is 0 Å². The molecule has 3 rings (SSSR count). The first-order valence-corrected chi connectivity index (χ1v) is 7.71. The van der Waals surface area contributed by atoms with Gasteiger partial charge in [-0.15, -0.1) is 11.3 Å². The Morgan fingerprint density at radius 3 is 2.94 bits per heavy atom. The first-order chi connectivity index (χ1) is 8.72. The van der Waals surface area contributed by atoms with E-state index in [1.54, 1.807) is 29.4 Å². The minimum Gasteiger partial charge on any atom is -0.236 e. The minimum absolute atomic E-state index is 0.940. The van der Waals surface area contributed by atoms with E-state index in [2.05, 4.69) is 30.9 Å². The van der Waals surface area contributed by atoms with Crippen molar-refractivity contribution in [3.63, 3.8) is 0 Å². The lowest BCUT2D eigenvalue weighted by Crippen LogP contribution is -1.86. The van der Waals surface area contributed by atoms with Crippen molar-refractivity contribution in [1.29, 1.82) is 0 Å². The summed E-state index contributed by atoms with van der Waals surface area (Å²) >= 11 is 6.70. The van der Waals surface area contributed by atoms with Crippen molar-refractivity contribution in [2.45, 2.75) is 16.3 Å². The molecular weight excluding hydrogens is 330 g/mol. The largest absolute Gasteiger partial charge is 0.236 e. The lowest BCUT2D eigenvalue weighted by molar-refractivity contribution is 1.09. The van der Waals surface area contributed by atoms with E-state index in [1.165, 1.54) is 0 Å². The van der Waals surface area contributed by atoms with E-state index in [1.807, 2.05) is 30.5 Å². The maximum atomic E-state index is 4.44. The number of benzene rings is 1. The van der Waals surface area contributed by atoms with Crippen molar-refractivity contribution in [1.82, 2.24) is 15.0 Å². The van der Waals surface area contributed by atoms with Crippen molar-refractivity contribution >= 4 is 49.9 Å². The molecule has 0 unspecified atom stereocenters. The van der Waals surface area contributed by atoms with Gasteiger partial charge in [0.05, 0.1) is 5.52 Å². The van der Waals surface area contributed by atoms with Crippen molar-refractivity contribution in [2.75, 3.05) is 0 Å². The van der Waals surface area contributed by atoms with E-state index in [-0.39, 0.29) is 0 Å². The monoisotopic (exact) mass is 337 g/mol. The highest BCUT2D eigenvalue weighted by Crippen LogP contribution is 2.33. The number of aryl methyl sites for hydroxylation is 1. The first kappa shape index (κ1) is 12.1. The van der Waals surface area contributed by atoms with Gasteiger partial charge in [0.25, 0.3) is 0 Å². The standard InChI is InChI=1S/C12H8BrN3S2/c1-7-5-17-12(16-7)18-11-9-4-8(13)2-3-10(9)14-6-15-11/h2-6H,1H3. The Labute approximate surface area is 121 Å². The Morgan fingerprint density at radius 2 is 2.17 bits per heavy atom. The molecule has 18 heavy (non-hydrogen) atoms. The van der Waals surface area contributed by atoms with Crippen LogP contribution in [0.1, 0.15) is 5.69 Å². The van der Waals surface area contributed by atoms with Gasteiger partial charge in [-0.3, -0.25) is 0 Å². The van der Waals surface area contributed by atoms with E-state index >= 15 is 0 Å². The molecule has 0 N–H and O–H groups in total. The van der Waals surface area contributed by atoms with Crippen LogP contribution in [-0.4, -0.2) is 15.0 Å². The summed E-state index contributed by atoms with van der Waals surface area (Å²) in [7, 11) is 0. The summed E-state index contributed by atoms with van der Waals surface area (Å²) < 4.78 is 2.04. The molecule has 2 aromatic heterocycles. The third kappa shape index (κ3) is 2.41. The van der Waals surface area contributed by atoms with Gasteiger partial charge in [0, 0.05) is 20.9 Å². The number of aromatic nitrogens is 3. The van der Waals surface area contributed by atoms with Crippen LogP contribution in [0.5, 0.6) is 0 Å². The predicted molar refractivity (Wildman–Crippen MR) is 78.2 cm³/mol. The molecule has 2 heterocycles. The van der Waals surface area contributed by atoms with Crippen LogP contribution in [0.4, 0.5) is 0 Å². The lowest BCUT2D eigenvalue weighted by Gasteiger charge is -2.02. The Hall–Kier alpha value is -0.980. The van der Waals surface area contributed by atoms with E-state index in [9.17, 15) is 0 Å². The zero-order chi connectivity index (χ0) is 12.5. The zero-order valence-corrected chi connectivity index (χ0v) is 12.6. The Balaban J connectivity index is 2.08. The fourth-order valence-electron chi connectivity index (χ4n) is 1.55. The van der Waals surface area contributed by atoms with Crippen LogP contribution in [-0.2, 0) is 0 Å². The van der Waals surface area contributed by atoms with E-state index < -0.39 is 0 Å². The number of halogens is 1. The molecule has 0 aliphatic heterocycles. The average Bonchev–Trinajstić information content (AvgIpc) is 2.76. The summed E-state index contributed by atoms with van der Waals surface area (Å²) in [5.74, 6) is 0. The fraction of sp³-hybridized carbons (Fsp3) is 0.0833. The molecule has 6 heteroatoms. The van der Waals surface area contributed by atoms with Gasteiger partial charge in [-0.05, 0) is 36.9 Å². The van der Waals surface area contributed by atoms with Gasteiger partial charge in [-0.25, -0.2) is 15.0 Å². The summed E-state index contributed by atoms with van der Waals surface area (Å²) in [5, 5.41) is 4.03. The second-order valence-electron chi connectivity index (χ2n) is 3.70. The summed E-state index contributed by atoms with van der Waals surface area (Å²) in [6, 6.07) is 6.01. The lowest BCUT2D eigenvalue weighted by atomic mass is 10.2. The highest BCUT2D eigenvalue weighted by molar-refractivity contribution is 9.10. The van der Waals surface area contributed by atoms with Crippen molar-refractivity contribution in [3.05, 3.63) is 40.1 Å². The molecule has 3 aromatic rings. The highest BCUT2D eigenvalue weighted by atomic mass is 79.9. The molecule has 0 radical (unpaired) electrons. The number of thiazole rings is 1. The Morgan fingerprint density at radius 1 is 1.28 bits per heavy atom. The molecule has 0 aliphatic carbocycles. The van der Waals surface area contributed by atoms with Gasteiger partial charge in [-0.2, -0.15) is 0 Å². The van der Waals surface area contributed by atoms with Crippen molar-refractivity contribution < 1.29 is 0 Å². The molecular formula is C12H8BrN3S2. The maximum Gasteiger partial charge on any atom is 0.156 e. The second-order valence-corrected chi connectivity index (χ2v) is 6.71. The first-order valence-electron chi connectivity index (χ1n) is 5.22. The van der Waals surface area contributed by atoms with Crippen molar-refractivity contribution in [3.8, 4) is 0 Å². The van der Waals surface area contributed by atoms with Gasteiger partial charge < -0.3 is 0 Å². The summed E-state index contributed by atoms with van der Waals surface area (Å²) in [5.41, 5.74) is 1.99. The quantitative estimate of drug-likeness (QED) is 0.653. The zero-order valence-electron chi connectivity index (χ0n) is 9.42. The molecule has 0 atom stereocenters. The van der Waals surface area contributed by atoms with Crippen LogP contribution in [0.3, 0.4) is 0 Å². The third-order valence-electron chi connectivity index (χ3n) is 2.34. The van der Waals surface area contributed by atoms with E-state index in [0.29, 0.717) is 0 Å². The normalized spacial score (nSPS) is 11.0. The number of fused-ring (bicyclic) bond motifs is 1. The van der Waals surface area contributed by atoms with Crippen molar-refractivity contribution in [2.24, 2.45) is 0 Å². The molecule has 0 saturated heterocycles. The second kappa shape index (κ2) is 4.95. The van der Waals surface area contributed by atoms with Gasteiger partial charge in [0.2, 0.25) is 0 Å². The van der Waals surface area contributed by atoms with Crippen LogP contribution >= 0.6 is 39.0 Å². The van der Waals surface area contributed by atoms with Gasteiger partial charge in [0.15, 0.2) is 4.34 Å². The topological polar surface area (TPSA) is 38.7 Å². The summed E-state index contributed by atoms with van der Waals surface area (Å²) in [4.78, 5) is 13.1. The Bertz CT molecular complexity index is 711. The van der Waals surface area contributed by atoms with Gasteiger partial charge in [0.1, 0.15) is 11.4 Å². The molecule has 0 spiro atoms. The number of rotatable bonds is 2. The van der Waals surface area contributed by atoms with Crippen LogP contribution in [0, 0.1) is 6.92 Å². The molecule has 0 aliphatic rings. The van der Waals surface area contributed by atoms with Gasteiger partial charge in [-0.1, -0.05) is 15.9 Å². The average molecular weight is 338 g/mol. The van der Waals surface area contributed by atoms with Crippen LogP contribution in [0.2, 0.25) is 0 Å².